The van der Waals surface area contributed by atoms with Gasteiger partial charge in [-0.15, -0.1) is 0 Å². The van der Waals surface area contributed by atoms with Gasteiger partial charge in [0.25, 0.3) is 0 Å². The smallest absolute Gasteiger partial charge is 0.0968 e. The summed E-state index contributed by atoms with van der Waals surface area (Å²) in [4.78, 5) is 0. The van der Waals surface area contributed by atoms with Crippen molar-refractivity contribution in [1.29, 1.82) is 5.26 Å². The van der Waals surface area contributed by atoms with Crippen LogP contribution in [0, 0.1) is 11.3 Å². The fourth-order valence-electron chi connectivity index (χ4n) is 1.71. The molecule has 2 nitrogen and oxygen atoms in total. The zero-order chi connectivity index (χ0) is 10.5. The molecule has 0 saturated carbocycles. The first-order valence-corrected chi connectivity index (χ1v) is 5.13. The van der Waals surface area contributed by atoms with Crippen molar-refractivity contribution in [3.8, 4) is 6.07 Å². The molecule has 15 heavy (non-hydrogen) atoms. The van der Waals surface area contributed by atoms with Crippen molar-refractivity contribution in [2.24, 2.45) is 0 Å². The van der Waals surface area contributed by atoms with Crippen LogP contribution in [0.15, 0.2) is 42.0 Å². The highest BCUT2D eigenvalue weighted by molar-refractivity contribution is 5.23. The Hall–Kier alpha value is -1.59. The highest BCUT2D eigenvalue weighted by Gasteiger charge is 2.14. The van der Waals surface area contributed by atoms with Gasteiger partial charge < -0.3 is 4.74 Å². The van der Waals surface area contributed by atoms with Crippen LogP contribution >= 0.6 is 0 Å². The molecule has 0 radical (unpaired) electrons. The molecule has 0 fully saturated rings. The predicted molar refractivity (Wildman–Crippen MR) is 58.2 cm³/mol. The molecule has 0 aromatic heterocycles. The molecule has 0 amide bonds. The van der Waals surface area contributed by atoms with Crippen molar-refractivity contribution in [3.05, 3.63) is 47.5 Å². The highest BCUT2D eigenvalue weighted by atomic mass is 16.5. The summed E-state index contributed by atoms with van der Waals surface area (Å²) < 4.78 is 5.59. The third-order valence-electron chi connectivity index (χ3n) is 2.55. The zero-order valence-electron chi connectivity index (χ0n) is 8.52. The molecule has 2 heteroatoms. The van der Waals surface area contributed by atoms with E-state index in [1.165, 1.54) is 5.56 Å². The summed E-state index contributed by atoms with van der Waals surface area (Å²) in [5, 5.41) is 8.67. The van der Waals surface area contributed by atoms with E-state index in [1.54, 1.807) is 0 Å². The van der Waals surface area contributed by atoms with Crippen LogP contribution in [0.25, 0.3) is 0 Å². The number of rotatable bonds is 2. The van der Waals surface area contributed by atoms with E-state index in [0.717, 1.165) is 18.4 Å². The van der Waals surface area contributed by atoms with Crippen molar-refractivity contribution >= 4 is 0 Å². The molecule has 0 aliphatic carbocycles. The second-order valence-corrected chi connectivity index (χ2v) is 3.70. The number of hydrogen-bond donors (Lipinski definition) is 0. The Bertz CT molecular complexity index is 389. The van der Waals surface area contributed by atoms with Crippen LogP contribution in [0.1, 0.15) is 12.0 Å². The van der Waals surface area contributed by atoms with Gasteiger partial charge in [-0.1, -0.05) is 36.4 Å². The van der Waals surface area contributed by atoms with Crippen LogP contribution < -0.4 is 0 Å². The molecular weight excluding hydrogens is 186 g/mol. The van der Waals surface area contributed by atoms with Gasteiger partial charge >= 0.3 is 0 Å². The maximum Gasteiger partial charge on any atom is 0.0968 e. The molecule has 1 heterocycles. The van der Waals surface area contributed by atoms with Crippen LogP contribution in [0.4, 0.5) is 0 Å². The summed E-state index contributed by atoms with van der Waals surface area (Å²) in [7, 11) is 0. The van der Waals surface area contributed by atoms with Gasteiger partial charge in [-0.05, 0) is 18.4 Å². The molecule has 2 rings (SSSR count). The Kier molecular flexibility index (Phi) is 3.16. The molecule has 0 spiro atoms. The minimum atomic E-state index is 0.226. The van der Waals surface area contributed by atoms with E-state index in [-0.39, 0.29) is 6.10 Å². The summed E-state index contributed by atoms with van der Waals surface area (Å²) in [5.74, 6) is 0. The van der Waals surface area contributed by atoms with Crippen molar-refractivity contribution in [2.45, 2.75) is 18.9 Å². The van der Waals surface area contributed by atoms with Crippen molar-refractivity contribution in [1.82, 2.24) is 0 Å². The maximum atomic E-state index is 8.67. The summed E-state index contributed by atoms with van der Waals surface area (Å²) in [6, 6.07) is 12.4. The Morgan fingerprint density at radius 1 is 1.33 bits per heavy atom. The number of benzene rings is 1. The fraction of sp³-hybridized carbons (Fsp3) is 0.308. The molecular formula is C13H13NO. The quantitative estimate of drug-likeness (QED) is 0.733. The highest BCUT2D eigenvalue weighted by Crippen LogP contribution is 2.16. The van der Waals surface area contributed by atoms with Crippen LogP contribution in [0.3, 0.4) is 0 Å². The van der Waals surface area contributed by atoms with Crippen molar-refractivity contribution in [2.75, 3.05) is 6.61 Å². The molecule has 1 aromatic rings. The van der Waals surface area contributed by atoms with E-state index in [2.05, 4.69) is 18.2 Å². The summed E-state index contributed by atoms with van der Waals surface area (Å²) >= 11 is 0. The third kappa shape index (κ3) is 2.68. The second-order valence-electron chi connectivity index (χ2n) is 3.70. The van der Waals surface area contributed by atoms with Gasteiger partial charge in [0.05, 0.1) is 24.4 Å². The van der Waals surface area contributed by atoms with Crippen LogP contribution in [-0.2, 0) is 11.2 Å². The molecule has 1 unspecified atom stereocenters. The lowest BCUT2D eigenvalue weighted by Crippen LogP contribution is -2.20. The molecule has 0 N–H and O–H groups in total. The van der Waals surface area contributed by atoms with Gasteiger partial charge in [-0.2, -0.15) is 5.26 Å². The topological polar surface area (TPSA) is 33.0 Å². The first-order chi connectivity index (χ1) is 7.38. The minimum Gasteiger partial charge on any atom is -0.372 e. The average molecular weight is 199 g/mol. The van der Waals surface area contributed by atoms with Crippen LogP contribution in [-0.4, -0.2) is 12.7 Å². The molecule has 0 bridgehead atoms. The Morgan fingerprint density at radius 2 is 2.13 bits per heavy atom. The van der Waals surface area contributed by atoms with Gasteiger partial charge in [0.2, 0.25) is 0 Å². The fourth-order valence-corrected chi connectivity index (χ4v) is 1.71. The van der Waals surface area contributed by atoms with Crippen LogP contribution in [0.2, 0.25) is 0 Å². The standard InChI is InChI=1S/C13H13NO/c14-9-12-6-7-13(15-10-12)8-11-4-2-1-3-5-11/h1-6,13H,7-8,10H2. The Morgan fingerprint density at radius 3 is 2.73 bits per heavy atom. The van der Waals surface area contributed by atoms with Crippen molar-refractivity contribution < 1.29 is 4.74 Å². The first-order valence-electron chi connectivity index (χ1n) is 5.13. The molecule has 76 valence electrons. The predicted octanol–water partition coefficient (Wildman–Crippen LogP) is 2.47. The van der Waals surface area contributed by atoms with E-state index in [0.29, 0.717) is 6.61 Å². The van der Waals surface area contributed by atoms with E-state index in [1.807, 2.05) is 24.3 Å². The van der Waals surface area contributed by atoms with E-state index in [4.69, 9.17) is 10.00 Å². The maximum absolute atomic E-state index is 8.67. The number of ether oxygens (including phenoxy) is 1. The van der Waals surface area contributed by atoms with E-state index in [9.17, 15) is 0 Å². The SMILES string of the molecule is N#CC1=CCC(Cc2ccccc2)OC1. The van der Waals surface area contributed by atoms with Crippen molar-refractivity contribution in [3.63, 3.8) is 0 Å². The average Bonchev–Trinajstić information content (AvgIpc) is 2.31. The lowest BCUT2D eigenvalue weighted by atomic mass is 10.0. The molecule has 1 aliphatic heterocycles. The number of nitrogens with zero attached hydrogens (tertiary/aromatic N) is 1. The van der Waals surface area contributed by atoms with Gasteiger partial charge in [-0.25, -0.2) is 0 Å². The largest absolute Gasteiger partial charge is 0.372 e. The summed E-state index contributed by atoms with van der Waals surface area (Å²) in [5.41, 5.74) is 2.04. The zero-order valence-corrected chi connectivity index (χ0v) is 8.52. The summed E-state index contributed by atoms with van der Waals surface area (Å²) in [6.45, 7) is 0.466. The van der Waals surface area contributed by atoms with Gasteiger partial charge in [-0.3, -0.25) is 0 Å². The summed E-state index contributed by atoms with van der Waals surface area (Å²) in [6.07, 6.45) is 3.98. The first kappa shape index (κ1) is 9.95. The molecule has 0 saturated heterocycles. The monoisotopic (exact) mass is 199 g/mol. The Balaban J connectivity index is 1.94. The third-order valence-corrected chi connectivity index (χ3v) is 2.55. The number of nitriles is 1. The molecule has 1 aliphatic rings. The lowest BCUT2D eigenvalue weighted by Gasteiger charge is -2.20. The van der Waals surface area contributed by atoms with Crippen LogP contribution in [0.5, 0.6) is 0 Å². The molecule has 1 atom stereocenters. The molecule has 1 aromatic carbocycles. The normalized spacial score (nSPS) is 20.5. The lowest BCUT2D eigenvalue weighted by molar-refractivity contribution is 0.0646. The second kappa shape index (κ2) is 4.77. The van der Waals surface area contributed by atoms with Gasteiger partial charge in [0, 0.05) is 0 Å². The Labute approximate surface area is 89.8 Å². The minimum absolute atomic E-state index is 0.226. The van der Waals surface area contributed by atoms with E-state index >= 15 is 0 Å². The van der Waals surface area contributed by atoms with Gasteiger partial charge in [0.15, 0.2) is 0 Å². The van der Waals surface area contributed by atoms with Gasteiger partial charge in [0.1, 0.15) is 0 Å². The number of hydrogen-bond acceptors (Lipinski definition) is 2. The van der Waals surface area contributed by atoms with E-state index < -0.39 is 0 Å².